The summed E-state index contributed by atoms with van der Waals surface area (Å²) in [5.74, 6) is -0.0739. The molecule has 1 aliphatic heterocycles. The molecule has 3 aromatic rings. The molecule has 0 aliphatic carbocycles. The van der Waals surface area contributed by atoms with Crippen molar-refractivity contribution >= 4 is 17.3 Å². The third kappa shape index (κ3) is 4.69. The Kier molecular flexibility index (Phi) is 5.90. The molecule has 0 saturated carbocycles. The largest absolute Gasteiger partial charge is 0.382 e. The average Bonchev–Trinajstić information content (AvgIpc) is 3.28. The summed E-state index contributed by atoms with van der Waals surface area (Å²) >= 11 is 0. The normalized spacial score (nSPS) is 15.8. The highest BCUT2D eigenvalue weighted by Crippen LogP contribution is 2.34. The van der Waals surface area contributed by atoms with Crippen molar-refractivity contribution in [1.82, 2.24) is 0 Å². The van der Waals surface area contributed by atoms with Gasteiger partial charge in [0.25, 0.3) is 5.91 Å². The molecule has 0 radical (unpaired) electrons. The van der Waals surface area contributed by atoms with Crippen molar-refractivity contribution in [2.24, 2.45) is 5.16 Å². The van der Waals surface area contributed by atoms with Crippen LogP contribution in [0.15, 0.2) is 90.1 Å². The summed E-state index contributed by atoms with van der Waals surface area (Å²) in [7, 11) is 0. The highest BCUT2D eigenvalue weighted by atomic mass is 16.6. The van der Waals surface area contributed by atoms with Gasteiger partial charge in [-0.15, -0.1) is 0 Å². The molecule has 0 unspecified atom stereocenters. The van der Waals surface area contributed by atoms with E-state index in [9.17, 15) is 4.79 Å². The number of benzene rings is 3. The van der Waals surface area contributed by atoms with Crippen molar-refractivity contribution in [3.63, 3.8) is 0 Å². The summed E-state index contributed by atoms with van der Waals surface area (Å²) in [4.78, 5) is 21.2. The maximum atomic E-state index is 13.7. The van der Waals surface area contributed by atoms with Gasteiger partial charge in [-0.3, -0.25) is 4.79 Å². The van der Waals surface area contributed by atoms with E-state index >= 15 is 0 Å². The number of amides is 1. The second-order valence-electron chi connectivity index (χ2n) is 8.88. The third-order valence-electron chi connectivity index (χ3n) is 5.50. The SMILES string of the molecule is CC(C)(C)c1ccccc1N(Cc1ccccc1)C(=O)[C@@H]1CC(c2ccccc2)=NO1. The lowest BCUT2D eigenvalue weighted by atomic mass is 9.85. The van der Waals surface area contributed by atoms with Crippen molar-refractivity contribution in [1.29, 1.82) is 0 Å². The zero-order chi connectivity index (χ0) is 21.8. The number of rotatable bonds is 5. The van der Waals surface area contributed by atoms with Crippen LogP contribution < -0.4 is 4.90 Å². The number of para-hydroxylation sites is 1. The predicted octanol–water partition coefficient (Wildman–Crippen LogP) is 5.71. The number of nitrogens with zero attached hydrogens (tertiary/aromatic N) is 2. The molecule has 0 bridgehead atoms. The zero-order valence-corrected chi connectivity index (χ0v) is 18.3. The van der Waals surface area contributed by atoms with Crippen molar-refractivity contribution < 1.29 is 9.63 Å². The van der Waals surface area contributed by atoms with Gasteiger partial charge in [-0.1, -0.05) is 105 Å². The van der Waals surface area contributed by atoms with Crippen molar-refractivity contribution in [3.8, 4) is 0 Å². The third-order valence-corrected chi connectivity index (χ3v) is 5.50. The fraction of sp³-hybridized carbons (Fsp3) is 0.259. The van der Waals surface area contributed by atoms with E-state index in [0.717, 1.165) is 28.1 Å². The van der Waals surface area contributed by atoms with Crippen LogP contribution in [0.5, 0.6) is 0 Å². The zero-order valence-electron chi connectivity index (χ0n) is 18.3. The predicted molar refractivity (Wildman–Crippen MR) is 125 cm³/mol. The number of carbonyl (C=O) groups excluding carboxylic acids is 1. The van der Waals surface area contributed by atoms with Gasteiger partial charge in [0, 0.05) is 12.1 Å². The van der Waals surface area contributed by atoms with Gasteiger partial charge in [-0.2, -0.15) is 0 Å². The van der Waals surface area contributed by atoms with Crippen molar-refractivity contribution in [2.75, 3.05) is 4.90 Å². The summed E-state index contributed by atoms with van der Waals surface area (Å²) in [6, 6.07) is 28.1. The maximum Gasteiger partial charge on any atom is 0.271 e. The minimum atomic E-state index is -0.632. The van der Waals surface area contributed by atoms with E-state index < -0.39 is 6.10 Å². The smallest absolute Gasteiger partial charge is 0.271 e. The molecule has 0 spiro atoms. The monoisotopic (exact) mass is 412 g/mol. The van der Waals surface area contributed by atoms with Crippen LogP contribution in [0.1, 0.15) is 43.9 Å². The Bertz CT molecular complexity index is 1070. The second kappa shape index (κ2) is 8.76. The van der Waals surface area contributed by atoms with Crippen LogP contribution in [0, 0.1) is 0 Å². The molecule has 4 rings (SSSR count). The van der Waals surface area contributed by atoms with Gasteiger partial charge in [-0.25, -0.2) is 0 Å². The van der Waals surface area contributed by atoms with Crippen molar-refractivity contribution in [3.05, 3.63) is 102 Å². The lowest BCUT2D eigenvalue weighted by Crippen LogP contribution is -2.40. The van der Waals surface area contributed by atoms with Crippen LogP contribution in [0.4, 0.5) is 5.69 Å². The Morgan fingerprint density at radius 1 is 0.935 bits per heavy atom. The van der Waals surface area contributed by atoms with Crippen LogP contribution >= 0.6 is 0 Å². The highest BCUT2D eigenvalue weighted by molar-refractivity contribution is 6.06. The molecule has 4 nitrogen and oxygen atoms in total. The molecule has 4 heteroatoms. The minimum absolute atomic E-state index is 0.0739. The van der Waals surface area contributed by atoms with Crippen LogP contribution in [0.3, 0.4) is 0 Å². The standard InChI is InChI=1S/C27H28N2O2/c1-27(2,3)22-16-10-11-17-24(22)29(19-20-12-6-4-7-13-20)26(30)25-18-23(28-31-25)21-14-8-5-9-15-21/h4-17,25H,18-19H2,1-3H3/t25-/m0/s1. The molecule has 31 heavy (non-hydrogen) atoms. The van der Waals surface area contributed by atoms with Crippen LogP contribution in [-0.2, 0) is 21.6 Å². The molecule has 1 atom stereocenters. The Balaban J connectivity index is 1.65. The van der Waals surface area contributed by atoms with Gasteiger partial charge in [-0.05, 0) is 28.2 Å². The summed E-state index contributed by atoms with van der Waals surface area (Å²) in [5.41, 5.74) is 4.81. The number of anilines is 1. The Hall–Kier alpha value is -3.40. The van der Waals surface area contributed by atoms with Gasteiger partial charge >= 0.3 is 0 Å². The maximum absolute atomic E-state index is 13.7. The molecule has 0 saturated heterocycles. The molecule has 158 valence electrons. The molecular formula is C27H28N2O2. The van der Waals surface area contributed by atoms with E-state index in [-0.39, 0.29) is 11.3 Å². The molecule has 0 fully saturated rings. The number of hydrogen-bond donors (Lipinski definition) is 0. The first kappa shape index (κ1) is 20.9. The van der Waals surface area contributed by atoms with Crippen LogP contribution in [0.25, 0.3) is 0 Å². The fourth-order valence-electron chi connectivity index (χ4n) is 3.88. The summed E-state index contributed by atoms with van der Waals surface area (Å²) in [6.07, 6.45) is -0.168. The summed E-state index contributed by atoms with van der Waals surface area (Å²) < 4.78 is 0. The van der Waals surface area contributed by atoms with E-state index in [1.807, 2.05) is 83.8 Å². The van der Waals surface area contributed by atoms with E-state index in [1.54, 1.807) is 0 Å². The molecular weight excluding hydrogens is 384 g/mol. The first-order chi connectivity index (χ1) is 14.9. The summed E-state index contributed by atoms with van der Waals surface area (Å²) in [6.45, 7) is 6.98. The van der Waals surface area contributed by atoms with Gasteiger partial charge in [0.1, 0.15) is 0 Å². The van der Waals surface area contributed by atoms with Gasteiger partial charge < -0.3 is 9.74 Å². The van der Waals surface area contributed by atoms with Gasteiger partial charge in [0.2, 0.25) is 6.10 Å². The number of carbonyl (C=O) groups is 1. The van der Waals surface area contributed by atoms with E-state index in [4.69, 9.17) is 4.84 Å². The first-order valence-electron chi connectivity index (χ1n) is 10.7. The topological polar surface area (TPSA) is 41.9 Å². The molecule has 3 aromatic carbocycles. The quantitative estimate of drug-likeness (QED) is 0.539. The Morgan fingerprint density at radius 3 is 2.23 bits per heavy atom. The molecule has 1 heterocycles. The fourth-order valence-corrected chi connectivity index (χ4v) is 3.88. The lowest BCUT2D eigenvalue weighted by Gasteiger charge is -2.31. The number of oxime groups is 1. The van der Waals surface area contributed by atoms with Crippen LogP contribution in [-0.4, -0.2) is 17.7 Å². The highest BCUT2D eigenvalue weighted by Gasteiger charge is 2.34. The Morgan fingerprint density at radius 2 is 1.55 bits per heavy atom. The first-order valence-corrected chi connectivity index (χ1v) is 10.7. The van der Waals surface area contributed by atoms with E-state index in [1.165, 1.54) is 0 Å². The van der Waals surface area contributed by atoms with Gasteiger partial charge in [0.15, 0.2) is 0 Å². The number of hydrogen-bond acceptors (Lipinski definition) is 3. The van der Waals surface area contributed by atoms with Crippen molar-refractivity contribution in [2.45, 2.75) is 45.3 Å². The molecule has 1 amide bonds. The molecule has 0 aromatic heterocycles. The minimum Gasteiger partial charge on any atom is -0.382 e. The molecule has 0 N–H and O–H groups in total. The average molecular weight is 413 g/mol. The van der Waals surface area contributed by atoms with Gasteiger partial charge in [0.05, 0.1) is 12.3 Å². The van der Waals surface area contributed by atoms with E-state index in [0.29, 0.717) is 13.0 Å². The molecule has 1 aliphatic rings. The summed E-state index contributed by atoms with van der Waals surface area (Å²) in [5, 5.41) is 4.23. The second-order valence-corrected chi connectivity index (χ2v) is 8.88. The van der Waals surface area contributed by atoms with Crippen LogP contribution in [0.2, 0.25) is 0 Å². The lowest BCUT2D eigenvalue weighted by molar-refractivity contribution is -0.128. The van der Waals surface area contributed by atoms with E-state index in [2.05, 4.69) is 32.0 Å². The Labute approximate surface area is 184 Å².